The Balaban J connectivity index is 1.60. The molecule has 5 rings (SSSR count). The van der Waals surface area contributed by atoms with Crippen molar-refractivity contribution in [2.45, 2.75) is 0 Å². The maximum Gasteiger partial charge on any atom is 0.326 e. The number of nitrogens with zero attached hydrogens (tertiary/aromatic N) is 1. The standard InChI is InChI=1S/C25H17N5O5/c31-23-20(28-25(33)29-23)12-14-5-4-8-16(11-14)26-22(15-6-2-1-3-7-15)21-18-13-17(30(34)35)9-10-19(18)27-24(21)32/h1-13,26H,(H,27,32)(H2,28,29,31,33)/b20-12+,22-21-. The van der Waals surface area contributed by atoms with E-state index in [1.165, 1.54) is 24.3 Å². The zero-order chi connectivity index (χ0) is 24.5. The highest BCUT2D eigenvalue weighted by molar-refractivity contribution is 6.37. The molecule has 0 atom stereocenters. The first kappa shape index (κ1) is 21.6. The van der Waals surface area contributed by atoms with Crippen molar-refractivity contribution < 1.29 is 19.3 Å². The van der Waals surface area contributed by atoms with Gasteiger partial charge in [0.05, 0.1) is 16.2 Å². The molecule has 1 saturated heterocycles. The van der Waals surface area contributed by atoms with Crippen molar-refractivity contribution in [3.63, 3.8) is 0 Å². The second-order valence-electron chi connectivity index (χ2n) is 7.77. The van der Waals surface area contributed by atoms with Crippen LogP contribution in [0.5, 0.6) is 0 Å². The van der Waals surface area contributed by atoms with Gasteiger partial charge < -0.3 is 16.0 Å². The topological polar surface area (TPSA) is 142 Å². The molecule has 1 fully saturated rings. The minimum absolute atomic E-state index is 0.116. The van der Waals surface area contributed by atoms with Crippen LogP contribution < -0.4 is 21.3 Å². The number of benzene rings is 3. The SMILES string of the molecule is O=C1NC(=O)/C(=C\c2cccc(N/C(=C3\C(=O)Nc4ccc([N+](=O)[O-])cc43)c3ccccc3)c2)N1. The number of urea groups is 1. The maximum atomic E-state index is 13.0. The first-order valence-corrected chi connectivity index (χ1v) is 10.5. The monoisotopic (exact) mass is 467 g/mol. The Labute approximate surface area is 198 Å². The average Bonchev–Trinajstić information content (AvgIpc) is 3.34. The number of non-ortho nitro benzene ring substituents is 1. The van der Waals surface area contributed by atoms with Gasteiger partial charge >= 0.3 is 6.03 Å². The summed E-state index contributed by atoms with van der Waals surface area (Å²) in [4.78, 5) is 47.1. The molecule has 172 valence electrons. The van der Waals surface area contributed by atoms with E-state index in [4.69, 9.17) is 0 Å². The second kappa shape index (κ2) is 8.60. The third-order valence-electron chi connectivity index (χ3n) is 5.46. The number of nitro benzene ring substituents is 1. The van der Waals surface area contributed by atoms with Crippen LogP contribution in [-0.2, 0) is 9.59 Å². The van der Waals surface area contributed by atoms with Gasteiger partial charge in [-0.3, -0.25) is 25.0 Å². The largest absolute Gasteiger partial charge is 0.354 e. The fourth-order valence-electron chi connectivity index (χ4n) is 3.90. The van der Waals surface area contributed by atoms with Crippen molar-refractivity contribution in [3.05, 3.63) is 105 Å². The minimum Gasteiger partial charge on any atom is -0.354 e. The summed E-state index contributed by atoms with van der Waals surface area (Å²) < 4.78 is 0. The van der Waals surface area contributed by atoms with Crippen LogP contribution in [0.1, 0.15) is 16.7 Å². The molecular formula is C25H17N5O5. The van der Waals surface area contributed by atoms with Crippen molar-refractivity contribution in [3.8, 4) is 0 Å². The average molecular weight is 467 g/mol. The van der Waals surface area contributed by atoms with Crippen LogP contribution in [0.3, 0.4) is 0 Å². The zero-order valence-corrected chi connectivity index (χ0v) is 18.0. The number of carbonyl (C=O) groups is 3. The van der Waals surface area contributed by atoms with Crippen LogP contribution >= 0.6 is 0 Å². The van der Waals surface area contributed by atoms with Crippen molar-refractivity contribution in [1.82, 2.24) is 10.6 Å². The van der Waals surface area contributed by atoms with Gasteiger partial charge in [0.2, 0.25) is 0 Å². The molecule has 2 aliphatic rings. The van der Waals surface area contributed by atoms with Crippen LogP contribution in [-0.4, -0.2) is 22.8 Å². The second-order valence-corrected chi connectivity index (χ2v) is 7.77. The van der Waals surface area contributed by atoms with E-state index in [1.807, 2.05) is 30.3 Å². The number of fused-ring (bicyclic) bond motifs is 1. The Bertz CT molecular complexity index is 1480. The number of hydrogen-bond acceptors (Lipinski definition) is 6. The highest BCUT2D eigenvalue weighted by atomic mass is 16.6. The van der Waals surface area contributed by atoms with E-state index >= 15 is 0 Å². The number of imide groups is 1. The van der Waals surface area contributed by atoms with E-state index in [0.717, 1.165) is 0 Å². The molecule has 2 heterocycles. The number of anilines is 2. The van der Waals surface area contributed by atoms with E-state index in [1.54, 1.807) is 24.3 Å². The normalized spacial score (nSPS) is 16.9. The van der Waals surface area contributed by atoms with E-state index < -0.39 is 22.8 Å². The van der Waals surface area contributed by atoms with Crippen LogP contribution in [0.2, 0.25) is 0 Å². The lowest BCUT2D eigenvalue weighted by molar-refractivity contribution is -0.384. The van der Waals surface area contributed by atoms with E-state index in [-0.39, 0.29) is 17.0 Å². The van der Waals surface area contributed by atoms with E-state index in [0.29, 0.717) is 33.8 Å². The summed E-state index contributed by atoms with van der Waals surface area (Å²) in [7, 11) is 0. The minimum atomic E-state index is -0.591. The molecule has 10 heteroatoms. The zero-order valence-electron chi connectivity index (χ0n) is 18.0. The highest BCUT2D eigenvalue weighted by Gasteiger charge is 2.30. The Morgan fingerprint density at radius 1 is 0.857 bits per heavy atom. The van der Waals surface area contributed by atoms with E-state index in [2.05, 4.69) is 21.3 Å². The summed E-state index contributed by atoms with van der Waals surface area (Å²) in [6.45, 7) is 0. The van der Waals surface area contributed by atoms with Crippen LogP contribution in [0.15, 0.2) is 78.5 Å². The van der Waals surface area contributed by atoms with Gasteiger partial charge in [-0.25, -0.2) is 4.79 Å². The van der Waals surface area contributed by atoms with Gasteiger partial charge in [0.1, 0.15) is 5.70 Å². The predicted octanol–water partition coefficient (Wildman–Crippen LogP) is 3.71. The van der Waals surface area contributed by atoms with Gasteiger partial charge in [-0.1, -0.05) is 42.5 Å². The smallest absolute Gasteiger partial charge is 0.326 e. The molecule has 10 nitrogen and oxygen atoms in total. The van der Waals surface area contributed by atoms with Crippen LogP contribution in [0, 0.1) is 10.1 Å². The fraction of sp³-hybridized carbons (Fsp3) is 0. The Kier molecular flexibility index (Phi) is 5.30. The summed E-state index contributed by atoms with van der Waals surface area (Å²) in [5.41, 5.74) is 3.53. The van der Waals surface area contributed by atoms with Crippen molar-refractivity contribution in [1.29, 1.82) is 0 Å². The molecule has 0 aromatic heterocycles. The number of rotatable bonds is 5. The summed E-state index contributed by atoms with van der Waals surface area (Å²) >= 11 is 0. The molecule has 0 spiro atoms. The summed E-state index contributed by atoms with van der Waals surface area (Å²) in [5.74, 6) is -0.920. The Morgan fingerprint density at radius 2 is 1.66 bits per heavy atom. The van der Waals surface area contributed by atoms with Crippen molar-refractivity contribution in [2.24, 2.45) is 0 Å². The number of nitro groups is 1. The van der Waals surface area contributed by atoms with Gasteiger partial charge in [0, 0.05) is 29.1 Å². The molecular weight excluding hydrogens is 450 g/mol. The molecule has 4 N–H and O–H groups in total. The fourth-order valence-corrected chi connectivity index (χ4v) is 3.90. The van der Waals surface area contributed by atoms with E-state index in [9.17, 15) is 24.5 Å². The third-order valence-corrected chi connectivity index (χ3v) is 5.46. The molecule has 3 aromatic rings. The molecule has 3 aromatic carbocycles. The molecule has 0 saturated carbocycles. The third kappa shape index (κ3) is 4.23. The molecule has 2 aliphatic heterocycles. The van der Waals surface area contributed by atoms with Crippen LogP contribution in [0.4, 0.5) is 21.9 Å². The quantitative estimate of drug-likeness (QED) is 0.195. The van der Waals surface area contributed by atoms with Gasteiger partial charge in [-0.2, -0.15) is 0 Å². The van der Waals surface area contributed by atoms with Gasteiger partial charge in [0.25, 0.3) is 17.5 Å². The number of amides is 4. The highest BCUT2D eigenvalue weighted by Crippen LogP contribution is 2.39. The molecule has 0 radical (unpaired) electrons. The number of hydrogen-bond donors (Lipinski definition) is 4. The molecule has 35 heavy (non-hydrogen) atoms. The Hall–Kier alpha value is -5.25. The summed E-state index contributed by atoms with van der Waals surface area (Å²) in [6, 6.07) is 19.8. The first-order chi connectivity index (χ1) is 16.9. The van der Waals surface area contributed by atoms with Gasteiger partial charge in [0.15, 0.2) is 0 Å². The molecule has 4 amide bonds. The molecule has 0 unspecified atom stereocenters. The van der Waals surface area contributed by atoms with Gasteiger partial charge in [-0.15, -0.1) is 0 Å². The molecule has 0 bridgehead atoms. The number of nitrogens with one attached hydrogen (secondary N) is 4. The molecule has 0 aliphatic carbocycles. The first-order valence-electron chi connectivity index (χ1n) is 10.5. The summed E-state index contributed by atoms with van der Waals surface area (Å²) in [5, 5.41) is 22.0. The number of carbonyl (C=O) groups excluding carboxylic acids is 3. The van der Waals surface area contributed by atoms with Crippen LogP contribution in [0.25, 0.3) is 17.3 Å². The lowest BCUT2D eigenvalue weighted by Crippen LogP contribution is -2.22. The maximum absolute atomic E-state index is 13.0. The summed E-state index contributed by atoms with van der Waals surface area (Å²) in [6.07, 6.45) is 1.53. The van der Waals surface area contributed by atoms with Crippen molar-refractivity contribution in [2.75, 3.05) is 10.6 Å². The lowest BCUT2D eigenvalue weighted by atomic mass is 9.99. The lowest BCUT2D eigenvalue weighted by Gasteiger charge is -2.15. The predicted molar refractivity (Wildman–Crippen MR) is 130 cm³/mol. The van der Waals surface area contributed by atoms with Crippen molar-refractivity contribution >= 4 is 52.3 Å². The van der Waals surface area contributed by atoms with Gasteiger partial charge in [-0.05, 0) is 35.4 Å². The Morgan fingerprint density at radius 3 is 2.37 bits per heavy atom.